The molecule has 0 aliphatic carbocycles. The van der Waals surface area contributed by atoms with Crippen molar-refractivity contribution in [3.8, 4) is 0 Å². The molecule has 1 amide bonds. The Labute approximate surface area is 248 Å². The van der Waals surface area contributed by atoms with E-state index < -0.39 is 56.6 Å². The van der Waals surface area contributed by atoms with Crippen molar-refractivity contribution in [2.45, 2.75) is 56.6 Å². The summed E-state index contributed by atoms with van der Waals surface area (Å²) in [7, 11) is -4.35. The third-order valence-electron chi connectivity index (χ3n) is 7.43. The van der Waals surface area contributed by atoms with Gasteiger partial charge in [0, 0.05) is 36.9 Å². The first-order valence-electron chi connectivity index (χ1n) is 13.6. The topological polar surface area (TPSA) is 154 Å². The molecule has 14 heteroatoms. The Kier molecular flexibility index (Phi) is 9.30. The van der Waals surface area contributed by atoms with Gasteiger partial charge in [0.2, 0.25) is 16.0 Å². The summed E-state index contributed by atoms with van der Waals surface area (Å²) in [4.78, 5) is 35.1. The Balaban J connectivity index is 1.56. The second-order valence-corrected chi connectivity index (χ2v) is 13.0. The molecular weight excluding hydrogens is 582 g/mol. The number of aromatic nitrogens is 2. The maximum Gasteiger partial charge on any atom is 0.307 e. The van der Waals surface area contributed by atoms with Gasteiger partial charge in [-0.05, 0) is 43.2 Å². The third kappa shape index (κ3) is 7.25. The average Bonchev–Trinajstić information content (AvgIpc) is 2.95. The van der Waals surface area contributed by atoms with E-state index in [1.165, 1.54) is 51.1 Å². The van der Waals surface area contributed by atoms with Crippen LogP contribution in [0.3, 0.4) is 0 Å². The lowest BCUT2D eigenvalue weighted by Gasteiger charge is -2.44. The zero-order chi connectivity index (χ0) is 31.4. The van der Waals surface area contributed by atoms with E-state index in [9.17, 15) is 23.1 Å². The summed E-state index contributed by atoms with van der Waals surface area (Å²) in [5, 5.41) is 15.3. The van der Waals surface area contributed by atoms with Crippen molar-refractivity contribution in [3.05, 3.63) is 78.1 Å². The number of halogens is 2. The standard InChI is InChI=1S/C29H34F2N6O5S/c1-28(2,3)29(18-23(38)39,36-43(41,42)20-8-5-4-6-9-20)35-26(40)21-10-11-22(25(31)24(21)30)37-16-12-19(13-17-37)34-27-32-14-7-15-33-27/h4-11,14-15,19,36H,12-13,16-18H2,1-3H3,(H,35,40)(H,38,39)(H,32,33,34). The third-order valence-corrected chi connectivity index (χ3v) is 8.94. The zero-order valence-corrected chi connectivity index (χ0v) is 24.8. The molecule has 43 heavy (non-hydrogen) atoms. The number of carbonyl (C=O) groups excluding carboxylic acids is 1. The fourth-order valence-corrected chi connectivity index (χ4v) is 6.39. The van der Waals surface area contributed by atoms with Gasteiger partial charge in [-0.2, -0.15) is 4.72 Å². The smallest absolute Gasteiger partial charge is 0.307 e. The Hall–Kier alpha value is -4.17. The van der Waals surface area contributed by atoms with Crippen molar-refractivity contribution in [2.24, 2.45) is 5.41 Å². The summed E-state index contributed by atoms with van der Waals surface area (Å²) in [6.07, 6.45) is 3.56. The highest BCUT2D eigenvalue weighted by Gasteiger charge is 2.48. The average molecular weight is 617 g/mol. The first-order chi connectivity index (χ1) is 20.2. The highest BCUT2D eigenvalue weighted by atomic mass is 32.2. The molecule has 1 saturated heterocycles. The lowest BCUT2D eigenvalue weighted by molar-refractivity contribution is -0.140. The van der Waals surface area contributed by atoms with Gasteiger partial charge in [0.15, 0.2) is 11.6 Å². The quantitative estimate of drug-likeness (QED) is 0.249. The molecule has 0 spiro atoms. The van der Waals surface area contributed by atoms with Crippen LogP contribution in [0.25, 0.3) is 0 Å². The minimum absolute atomic E-state index is 0.0270. The molecule has 1 aromatic heterocycles. The summed E-state index contributed by atoms with van der Waals surface area (Å²) in [6, 6.07) is 11.3. The van der Waals surface area contributed by atoms with E-state index >= 15 is 8.78 Å². The van der Waals surface area contributed by atoms with Crippen molar-refractivity contribution in [1.29, 1.82) is 0 Å². The summed E-state index contributed by atoms with van der Waals surface area (Å²) in [5.41, 5.74) is -4.08. The van der Waals surface area contributed by atoms with Crippen LogP contribution in [-0.4, -0.2) is 60.2 Å². The Bertz CT molecular complexity index is 1560. The van der Waals surface area contributed by atoms with Gasteiger partial charge in [0.25, 0.3) is 5.91 Å². The number of piperidine rings is 1. The molecule has 1 fully saturated rings. The van der Waals surface area contributed by atoms with Crippen molar-refractivity contribution in [3.63, 3.8) is 0 Å². The van der Waals surface area contributed by atoms with E-state index in [2.05, 4.69) is 25.3 Å². The van der Waals surface area contributed by atoms with Gasteiger partial charge < -0.3 is 20.6 Å². The molecule has 0 saturated carbocycles. The molecule has 2 aromatic carbocycles. The monoisotopic (exact) mass is 616 g/mol. The molecular formula is C29H34F2N6O5S. The number of carboxylic acids is 1. The van der Waals surface area contributed by atoms with Gasteiger partial charge >= 0.3 is 5.97 Å². The van der Waals surface area contributed by atoms with Crippen LogP contribution in [0, 0.1) is 17.0 Å². The number of aliphatic carboxylic acids is 1. The Morgan fingerprint density at radius 2 is 1.60 bits per heavy atom. The van der Waals surface area contributed by atoms with Crippen LogP contribution >= 0.6 is 0 Å². The fraction of sp³-hybridized carbons (Fsp3) is 0.379. The van der Waals surface area contributed by atoms with Crippen LogP contribution in [0.5, 0.6) is 0 Å². The van der Waals surface area contributed by atoms with E-state index in [-0.39, 0.29) is 16.6 Å². The van der Waals surface area contributed by atoms with Gasteiger partial charge in [-0.3, -0.25) is 9.59 Å². The molecule has 1 atom stereocenters. The molecule has 0 radical (unpaired) electrons. The second-order valence-electron chi connectivity index (χ2n) is 11.3. The van der Waals surface area contributed by atoms with Crippen LogP contribution in [0.2, 0.25) is 0 Å². The number of hydrogen-bond acceptors (Lipinski definition) is 8. The summed E-state index contributed by atoms with van der Waals surface area (Å²) in [6.45, 7) is 5.36. The fourth-order valence-electron chi connectivity index (χ4n) is 4.87. The number of nitrogens with one attached hydrogen (secondary N) is 3. The number of benzene rings is 2. The number of rotatable bonds is 10. The summed E-state index contributed by atoms with van der Waals surface area (Å²) in [5.74, 6) is -4.80. The maximum atomic E-state index is 15.4. The number of carbonyl (C=O) groups is 2. The van der Waals surface area contributed by atoms with E-state index in [1.807, 2.05) is 0 Å². The van der Waals surface area contributed by atoms with Gasteiger partial charge in [0.05, 0.1) is 22.6 Å². The van der Waals surface area contributed by atoms with E-state index in [0.717, 1.165) is 6.07 Å². The summed E-state index contributed by atoms with van der Waals surface area (Å²) >= 11 is 0. The number of carboxylic acid groups (broad SMARTS) is 1. The van der Waals surface area contributed by atoms with Crippen LogP contribution in [0.4, 0.5) is 20.4 Å². The lowest BCUT2D eigenvalue weighted by Crippen LogP contribution is -2.68. The van der Waals surface area contributed by atoms with Gasteiger partial charge in [-0.1, -0.05) is 39.0 Å². The van der Waals surface area contributed by atoms with Gasteiger partial charge in [-0.15, -0.1) is 0 Å². The van der Waals surface area contributed by atoms with Crippen molar-refractivity contribution >= 4 is 33.5 Å². The maximum absolute atomic E-state index is 15.4. The lowest BCUT2D eigenvalue weighted by atomic mass is 9.78. The Morgan fingerprint density at radius 3 is 2.19 bits per heavy atom. The molecule has 4 N–H and O–H groups in total. The van der Waals surface area contributed by atoms with Crippen molar-refractivity contribution in [1.82, 2.24) is 20.0 Å². The van der Waals surface area contributed by atoms with Crippen LogP contribution in [-0.2, 0) is 14.8 Å². The molecule has 1 aliphatic rings. The molecule has 1 unspecified atom stereocenters. The molecule has 3 aromatic rings. The van der Waals surface area contributed by atoms with E-state index in [4.69, 9.17) is 0 Å². The molecule has 4 rings (SSSR count). The highest BCUT2D eigenvalue weighted by Crippen LogP contribution is 2.34. The molecule has 2 heterocycles. The van der Waals surface area contributed by atoms with Crippen LogP contribution < -0.4 is 20.3 Å². The highest BCUT2D eigenvalue weighted by molar-refractivity contribution is 7.89. The van der Waals surface area contributed by atoms with Crippen LogP contribution in [0.15, 0.2) is 65.8 Å². The number of nitrogens with zero attached hydrogens (tertiary/aromatic N) is 3. The molecule has 0 bridgehead atoms. The van der Waals surface area contributed by atoms with Crippen molar-refractivity contribution < 1.29 is 31.9 Å². The largest absolute Gasteiger partial charge is 0.481 e. The Morgan fingerprint density at radius 1 is 0.977 bits per heavy atom. The van der Waals surface area contributed by atoms with Gasteiger partial charge in [-0.25, -0.2) is 27.2 Å². The second kappa shape index (κ2) is 12.6. The summed E-state index contributed by atoms with van der Waals surface area (Å²) < 4.78 is 59.6. The number of anilines is 2. The number of sulfonamides is 1. The predicted molar refractivity (Wildman–Crippen MR) is 156 cm³/mol. The number of amides is 1. The zero-order valence-electron chi connectivity index (χ0n) is 24.0. The molecule has 11 nitrogen and oxygen atoms in total. The predicted octanol–water partition coefficient (Wildman–Crippen LogP) is 3.76. The SMILES string of the molecule is CC(C)(C)C(CC(=O)O)(NC(=O)c1ccc(N2CCC(Nc3ncccn3)CC2)c(F)c1F)NS(=O)(=O)c1ccccc1. The van der Waals surface area contributed by atoms with E-state index in [0.29, 0.717) is 31.9 Å². The molecule has 230 valence electrons. The normalized spacial score (nSPS) is 15.9. The first-order valence-corrected chi connectivity index (χ1v) is 15.1. The van der Waals surface area contributed by atoms with Crippen molar-refractivity contribution in [2.75, 3.05) is 23.3 Å². The molecule has 1 aliphatic heterocycles. The number of hydrogen-bond donors (Lipinski definition) is 4. The van der Waals surface area contributed by atoms with Crippen LogP contribution in [0.1, 0.15) is 50.4 Å². The minimum Gasteiger partial charge on any atom is -0.481 e. The van der Waals surface area contributed by atoms with Gasteiger partial charge in [0.1, 0.15) is 5.66 Å². The minimum atomic E-state index is -4.35. The first kappa shape index (κ1) is 31.8. The van der Waals surface area contributed by atoms with E-state index in [1.54, 1.807) is 29.4 Å².